The molecule has 6 rings (SSSR count). The molecule has 4 aromatic rings. The largest absolute Gasteiger partial charge is 0.324 e. The molecule has 31 heavy (non-hydrogen) atoms. The van der Waals surface area contributed by atoms with Gasteiger partial charge in [0.25, 0.3) is 0 Å². The van der Waals surface area contributed by atoms with Crippen LogP contribution in [-0.2, 0) is 0 Å². The quantitative estimate of drug-likeness (QED) is 0.462. The van der Waals surface area contributed by atoms with Crippen molar-refractivity contribution >= 4 is 17.2 Å². The predicted molar refractivity (Wildman–Crippen MR) is 124 cm³/mol. The number of aromatic nitrogens is 3. The smallest absolute Gasteiger partial charge is 0.226 e. The number of anilines is 1. The molecule has 0 saturated heterocycles. The Bertz CT molecular complexity index is 1270. The summed E-state index contributed by atoms with van der Waals surface area (Å²) < 4.78 is 2.01. The van der Waals surface area contributed by atoms with E-state index in [0.29, 0.717) is 0 Å². The summed E-state index contributed by atoms with van der Waals surface area (Å²) in [6, 6.07) is 32.1. The van der Waals surface area contributed by atoms with Crippen LogP contribution in [-0.4, -0.2) is 14.8 Å². The van der Waals surface area contributed by atoms with Gasteiger partial charge in [0, 0.05) is 5.92 Å². The van der Waals surface area contributed by atoms with Crippen LogP contribution in [0.4, 0.5) is 5.95 Å². The first kappa shape index (κ1) is 17.9. The monoisotopic (exact) mass is 402 g/mol. The number of hydrogen-bond donors (Lipinski definition) is 1. The van der Waals surface area contributed by atoms with Crippen molar-refractivity contribution in [1.29, 1.82) is 0 Å². The minimum atomic E-state index is 0.0168. The highest BCUT2D eigenvalue weighted by Crippen LogP contribution is 2.50. The number of benzene rings is 3. The molecule has 3 aromatic carbocycles. The maximum Gasteiger partial charge on any atom is 0.226 e. The van der Waals surface area contributed by atoms with Crippen LogP contribution in [0.25, 0.3) is 11.3 Å². The van der Waals surface area contributed by atoms with Crippen molar-refractivity contribution in [3.63, 3.8) is 0 Å². The molecule has 0 fully saturated rings. The molecule has 150 valence electrons. The summed E-state index contributed by atoms with van der Waals surface area (Å²) in [5.41, 5.74) is 7.60. The first-order valence-corrected chi connectivity index (χ1v) is 10.7. The molecule has 1 aliphatic carbocycles. The second-order valence-corrected chi connectivity index (χ2v) is 8.02. The number of fused-ring (bicyclic) bond motifs is 3. The van der Waals surface area contributed by atoms with Gasteiger partial charge in [0.05, 0.1) is 11.7 Å². The summed E-state index contributed by atoms with van der Waals surface area (Å²) in [7, 11) is 0. The summed E-state index contributed by atoms with van der Waals surface area (Å²) in [4.78, 5) is 4.50. The van der Waals surface area contributed by atoms with E-state index >= 15 is 0 Å². The number of nitrogens with zero attached hydrogens (tertiary/aromatic N) is 3. The van der Waals surface area contributed by atoms with E-state index in [9.17, 15) is 0 Å². The third-order valence-electron chi connectivity index (χ3n) is 6.25. The average Bonchev–Trinajstić information content (AvgIpc) is 3.34. The van der Waals surface area contributed by atoms with E-state index in [1.807, 2.05) is 4.68 Å². The Morgan fingerprint density at radius 1 is 0.774 bits per heavy atom. The molecule has 0 spiro atoms. The molecule has 0 saturated carbocycles. The maximum atomic E-state index is 4.59. The van der Waals surface area contributed by atoms with E-state index in [1.165, 1.54) is 27.8 Å². The van der Waals surface area contributed by atoms with Crippen molar-refractivity contribution in [2.24, 2.45) is 0 Å². The highest BCUT2D eigenvalue weighted by Gasteiger charge is 2.37. The van der Waals surface area contributed by atoms with Gasteiger partial charge in [-0.05, 0) is 34.3 Å². The van der Waals surface area contributed by atoms with Gasteiger partial charge in [0.1, 0.15) is 6.33 Å². The van der Waals surface area contributed by atoms with Gasteiger partial charge in [0.2, 0.25) is 5.95 Å². The topological polar surface area (TPSA) is 42.7 Å². The Hall–Kier alpha value is -3.92. The van der Waals surface area contributed by atoms with Crippen molar-refractivity contribution in [3.8, 4) is 0 Å². The molecular formula is C27H22N4. The number of rotatable bonds is 3. The Balaban J connectivity index is 1.61. The van der Waals surface area contributed by atoms with E-state index in [1.54, 1.807) is 6.33 Å². The van der Waals surface area contributed by atoms with Gasteiger partial charge in [-0.1, -0.05) is 97.1 Å². The van der Waals surface area contributed by atoms with Crippen LogP contribution in [0.1, 0.15) is 35.1 Å². The summed E-state index contributed by atoms with van der Waals surface area (Å²) in [5.74, 6) is 1.02. The molecule has 1 N–H and O–H groups in total. The molecule has 1 aliphatic heterocycles. The molecule has 4 heteroatoms. The fraction of sp³-hybridized carbons (Fsp3) is 0.111. The van der Waals surface area contributed by atoms with Gasteiger partial charge in [-0.25, -0.2) is 4.68 Å². The van der Waals surface area contributed by atoms with E-state index in [2.05, 4.69) is 112 Å². The zero-order valence-corrected chi connectivity index (χ0v) is 17.0. The van der Waals surface area contributed by atoms with Crippen LogP contribution in [0, 0.1) is 0 Å². The van der Waals surface area contributed by atoms with Crippen molar-refractivity contribution in [2.75, 3.05) is 5.32 Å². The van der Waals surface area contributed by atoms with Crippen LogP contribution >= 0.6 is 0 Å². The first-order chi connectivity index (χ1) is 15.4. The number of nitrogens with one attached hydrogen (secondary N) is 1. The van der Waals surface area contributed by atoms with Crippen LogP contribution in [0.5, 0.6) is 0 Å². The normalized spacial score (nSPS) is 19.8. The molecule has 0 amide bonds. The van der Waals surface area contributed by atoms with Crippen LogP contribution in [0.3, 0.4) is 0 Å². The molecule has 1 aromatic heterocycles. The van der Waals surface area contributed by atoms with Gasteiger partial charge >= 0.3 is 0 Å². The van der Waals surface area contributed by atoms with Gasteiger partial charge in [-0.15, -0.1) is 0 Å². The van der Waals surface area contributed by atoms with Crippen LogP contribution in [0.15, 0.2) is 109 Å². The summed E-state index contributed by atoms with van der Waals surface area (Å²) in [5, 5.41) is 8.18. The van der Waals surface area contributed by atoms with E-state index in [-0.39, 0.29) is 12.0 Å². The standard InChI is InChI=1S/C27H22N4/c1-4-10-19(11-5-1)22-16-23(20-12-6-2-7-13-20)25-24(17-22)31-27(28-18-29-31)30-26(25)21-14-8-3-9-15-21/h1-15,17-18,23-24H,16H2,(H,28,29,30). The van der Waals surface area contributed by atoms with Gasteiger partial charge in [0.15, 0.2) is 0 Å². The highest BCUT2D eigenvalue weighted by atomic mass is 15.4. The lowest BCUT2D eigenvalue weighted by molar-refractivity contribution is 0.547. The van der Waals surface area contributed by atoms with Crippen molar-refractivity contribution < 1.29 is 0 Å². The third kappa shape index (κ3) is 3.08. The minimum Gasteiger partial charge on any atom is -0.324 e. The Labute approximate surface area is 181 Å². The second-order valence-electron chi connectivity index (χ2n) is 8.02. The first-order valence-electron chi connectivity index (χ1n) is 10.7. The van der Waals surface area contributed by atoms with Crippen molar-refractivity contribution in [3.05, 3.63) is 126 Å². The lowest BCUT2D eigenvalue weighted by Gasteiger charge is -2.38. The lowest BCUT2D eigenvalue weighted by Crippen LogP contribution is -2.29. The maximum absolute atomic E-state index is 4.59. The lowest BCUT2D eigenvalue weighted by atomic mass is 9.74. The van der Waals surface area contributed by atoms with E-state index < -0.39 is 0 Å². The number of allylic oxidation sites excluding steroid dienone is 3. The molecular weight excluding hydrogens is 380 g/mol. The van der Waals surface area contributed by atoms with Gasteiger partial charge in [-0.2, -0.15) is 10.1 Å². The third-order valence-corrected chi connectivity index (χ3v) is 6.25. The van der Waals surface area contributed by atoms with Crippen molar-refractivity contribution in [2.45, 2.75) is 18.4 Å². The van der Waals surface area contributed by atoms with Crippen molar-refractivity contribution in [1.82, 2.24) is 14.8 Å². The van der Waals surface area contributed by atoms with E-state index in [0.717, 1.165) is 18.1 Å². The zero-order valence-electron chi connectivity index (χ0n) is 17.0. The zero-order chi connectivity index (χ0) is 20.6. The van der Waals surface area contributed by atoms with Crippen LogP contribution in [0.2, 0.25) is 0 Å². The SMILES string of the molecule is C1=C(c2ccccc2)CC(c2ccccc2)C2=C(c3ccccc3)Nc3ncnn3C12. The Morgan fingerprint density at radius 2 is 1.42 bits per heavy atom. The fourth-order valence-corrected chi connectivity index (χ4v) is 4.83. The average molecular weight is 403 g/mol. The summed E-state index contributed by atoms with van der Waals surface area (Å²) in [6.45, 7) is 0. The molecule has 2 unspecified atom stereocenters. The summed E-state index contributed by atoms with van der Waals surface area (Å²) in [6.07, 6.45) is 4.95. The molecule has 0 bridgehead atoms. The molecule has 4 nitrogen and oxygen atoms in total. The predicted octanol–water partition coefficient (Wildman–Crippen LogP) is 5.93. The second kappa shape index (κ2) is 7.40. The fourth-order valence-electron chi connectivity index (χ4n) is 4.83. The highest BCUT2D eigenvalue weighted by molar-refractivity contribution is 5.83. The molecule has 0 radical (unpaired) electrons. The molecule has 2 heterocycles. The van der Waals surface area contributed by atoms with E-state index in [4.69, 9.17) is 0 Å². The van der Waals surface area contributed by atoms with Gasteiger partial charge in [-0.3, -0.25) is 0 Å². The minimum absolute atomic E-state index is 0.0168. The van der Waals surface area contributed by atoms with Crippen LogP contribution < -0.4 is 5.32 Å². The molecule has 2 aliphatic rings. The summed E-state index contributed by atoms with van der Waals surface area (Å²) >= 11 is 0. The Kier molecular flexibility index (Phi) is 4.27. The number of hydrogen-bond acceptors (Lipinski definition) is 3. The Morgan fingerprint density at radius 3 is 2.13 bits per heavy atom. The molecule has 2 atom stereocenters. The van der Waals surface area contributed by atoms with Gasteiger partial charge < -0.3 is 5.32 Å².